The fourth-order valence-electron chi connectivity index (χ4n) is 2.18. The number of hydrogen-bond donors (Lipinski definition) is 2. The minimum atomic E-state index is 0.680. The van der Waals surface area contributed by atoms with Crippen LogP contribution in [0.1, 0.15) is 37.9 Å². The second-order valence-electron chi connectivity index (χ2n) is 5.01. The molecule has 2 rings (SSSR count). The summed E-state index contributed by atoms with van der Waals surface area (Å²) in [5.41, 5.74) is 2.47. The van der Waals surface area contributed by atoms with E-state index in [1.165, 1.54) is 24.1 Å². The first kappa shape index (κ1) is 10.7. The molecule has 0 saturated heterocycles. The zero-order valence-corrected chi connectivity index (χ0v) is 9.88. The predicted molar refractivity (Wildman–Crippen MR) is 61.5 cm³/mol. The number of H-pyrrole nitrogens is 1. The number of nitrogens with zero attached hydrogens (tertiary/aromatic N) is 1. The first-order valence-corrected chi connectivity index (χ1v) is 5.90. The average molecular weight is 207 g/mol. The van der Waals surface area contributed by atoms with E-state index < -0.39 is 0 Å². The van der Waals surface area contributed by atoms with Crippen molar-refractivity contribution >= 4 is 0 Å². The summed E-state index contributed by atoms with van der Waals surface area (Å²) in [5.74, 6) is 1.64. The van der Waals surface area contributed by atoms with Crippen LogP contribution in [0.2, 0.25) is 0 Å². The van der Waals surface area contributed by atoms with Crippen molar-refractivity contribution in [1.82, 2.24) is 15.5 Å². The van der Waals surface area contributed by atoms with Gasteiger partial charge < -0.3 is 5.32 Å². The lowest BCUT2D eigenvalue weighted by Crippen LogP contribution is -2.35. The molecule has 15 heavy (non-hydrogen) atoms. The van der Waals surface area contributed by atoms with E-state index in [1.807, 2.05) is 6.20 Å². The zero-order valence-electron chi connectivity index (χ0n) is 9.88. The first-order valence-electron chi connectivity index (χ1n) is 5.90. The average Bonchev–Trinajstić information content (AvgIpc) is 2.92. The van der Waals surface area contributed by atoms with Crippen LogP contribution in [0, 0.1) is 18.8 Å². The lowest BCUT2D eigenvalue weighted by Gasteiger charge is -2.21. The molecule has 0 amide bonds. The number of aromatic amines is 1. The van der Waals surface area contributed by atoms with Gasteiger partial charge in [0.1, 0.15) is 0 Å². The number of rotatable bonds is 5. The summed E-state index contributed by atoms with van der Waals surface area (Å²) in [6.07, 6.45) is 4.73. The van der Waals surface area contributed by atoms with E-state index >= 15 is 0 Å². The van der Waals surface area contributed by atoms with E-state index in [2.05, 4.69) is 36.3 Å². The van der Waals surface area contributed by atoms with Gasteiger partial charge in [0.05, 0.1) is 6.20 Å². The monoisotopic (exact) mass is 207 g/mol. The van der Waals surface area contributed by atoms with Gasteiger partial charge >= 0.3 is 0 Å². The lowest BCUT2D eigenvalue weighted by atomic mass is 9.99. The van der Waals surface area contributed by atoms with E-state index in [-0.39, 0.29) is 0 Å². The van der Waals surface area contributed by atoms with E-state index in [0.29, 0.717) is 6.04 Å². The van der Waals surface area contributed by atoms with Gasteiger partial charge in [-0.2, -0.15) is 5.10 Å². The highest BCUT2D eigenvalue weighted by Crippen LogP contribution is 2.35. The molecule has 3 nitrogen and oxygen atoms in total. The molecule has 0 aliphatic heterocycles. The Morgan fingerprint density at radius 2 is 2.27 bits per heavy atom. The van der Waals surface area contributed by atoms with Crippen molar-refractivity contribution in [2.24, 2.45) is 11.8 Å². The topological polar surface area (TPSA) is 40.7 Å². The second-order valence-corrected chi connectivity index (χ2v) is 5.01. The third kappa shape index (κ3) is 2.59. The Labute approximate surface area is 91.7 Å². The summed E-state index contributed by atoms with van der Waals surface area (Å²) in [7, 11) is 0. The molecule has 1 fully saturated rings. The quantitative estimate of drug-likeness (QED) is 0.777. The molecule has 1 aromatic rings. The van der Waals surface area contributed by atoms with E-state index in [9.17, 15) is 0 Å². The first-order chi connectivity index (χ1) is 7.18. The van der Waals surface area contributed by atoms with Gasteiger partial charge in [-0.25, -0.2) is 0 Å². The molecular weight excluding hydrogens is 186 g/mol. The smallest absolute Gasteiger partial charge is 0.0535 e. The van der Waals surface area contributed by atoms with Gasteiger partial charge in [-0.05, 0) is 31.6 Å². The van der Waals surface area contributed by atoms with Crippen LogP contribution in [0.5, 0.6) is 0 Å². The van der Waals surface area contributed by atoms with Gasteiger partial charge in [-0.3, -0.25) is 5.10 Å². The molecule has 0 bridgehead atoms. The summed E-state index contributed by atoms with van der Waals surface area (Å²) in [6, 6.07) is 0.680. The third-order valence-corrected chi connectivity index (χ3v) is 3.31. The number of nitrogens with one attached hydrogen (secondary N) is 2. The van der Waals surface area contributed by atoms with Crippen molar-refractivity contribution in [1.29, 1.82) is 0 Å². The summed E-state index contributed by atoms with van der Waals surface area (Å²) >= 11 is 0. The van der Waals surface area contributed by atoms with Crippen LogP contribution < -0.4 is 5.32 Å². The molecule has 1 heterocycles. The van der Waals surface area contributed by atoms with Gasteiger partial charge in [0, 0.05) is 23.8 Å². The van der Waals surface area contributed by atoms with Crippen LogP contribution in [-0.2, 0) is 6.54 Å². The molecule has 1 atom stereocenters. The van der Waals surface area contributed by atoms with Gasteiger partial charge in [-0.15, -0.1) is 0 Å². The molecule has 84 valence electrons. The van der Waals surface area contributed by atoms with Crippen molar-refractivity contribution in [3.8, 4) is 0 Å². The summed E-state index contributed by atoms with van der Waals surface area (Å²) in [6.45, 7) is 7.63. The molecule has 2 N–H and O–H groups in total. The van der Waals surface area contributed by atoms with Crippen molar-refractivity contribution in [3.05, 3.63) is 17.5 Å². The van der Waals surface area contributed by atoms with Gasteiger partial charge in [0.15, 0.2) is 0 Å². The maximum atomic E-state index is 4.04. The Hall–Kier alpha value is -0.830. The molecule has 3 heteroatoms. The van der Waals surface area contributed by atoms with Crippen LogP contribution >= 0.6 is 0 Å². The normalized spacial score (nSPS) is 18.4. The third-order valence-electron chi connectivity index (χ3n) is 3.31. The van der Waals surface area contributed by atoms with Crippen LogP contribution in [0.4, 0.5) is 0 Å². The number of hydrogen-bond acceptors (Lipinski definition) is 2. The maximum Gasteiger partial charge on any atom is 0.0535 e. The Morgan fingerprint density at radius 3 is 2.73 bits per heavy atom. The number of aryl methyl sites for hydroxylation is 1. The van der Waals surface area contributed by atoms with Crippen LogP contribution in [0.15, 0.2) is 6.20 Å². The molecule has 0 aromatic carbocycles. The Kier molecular flexibility index (Phi) is 3.10. The fraction of sp³-hybridized carbons (Fsp3) is 0.750. The summed E-state index contributed by atoms with van der Waals surface area (Å²) in [4.78, 5) is 0. The SMILES string of the molecule is Cc1[nH]ncc1CNC(C(C)C)C1CC1. The standard InChI is InChI=1S/C12H21N3/c1-8(2)12(10-4-5-10)13-6-11-7-14-15-9(11)3/h7-8,10,12-13H,4-6H2,1-3H3,(H,14,15). The highest BCUT2D eigenvalue weighted by atomic mass is 15.1. The van der Waals surface area contributed by atoms with Crippen LogP contribution in [-0.4, -0.2) is 16.2 Å². The minimum Gasteiger partial charge on any atom is -0.309 e. The highest BCUT2D eigenvalue weighted by molar-refractivity contribution is 5.14. The molecule has 1 aromatic heterocycles. The predicted octanol–water partition coefficient (Wildman–Crippen LogP) is 2.24. The molecule has 1 aliphatic carbocycles. The Balaban J connectivity index is 1.88. The van der Waals surface area contributed by atoms with Gasteiger partial charge in [0.2, 0.25) is 0 Å². The molecule has 1 saturated carbocycles. The van der Waals surface area contributed by atoms with Crippen LogP contribution in [0.25, 0.3) is 0 Å². The summed E-state index contributed by atoms with van der Waals surface area (Å²) < 4.78 is 0. The molecule has 0 spiro atoms. The lowest BCUT2D eigenvalue weighted by molar-refractivity contribution is 0.359. The van der Waals surface area contributed by atoms with E-state index in [1.54, 1.807) is 0 Å². The highest BCUT2D eigenvalue weighted by Gasteiger charge is 2.32. The summed E-state index contributed by atoms with van der Waals surface area (Å²) in [5, 5.41) is 10.7. The minimum absolute atomic E-state index is 0.680. The zero-order chi connectivity index (χ0) is 10.8. The van der Waals surface area contributed by atoms with Crippen molar-refractivity contribution < 1.29 is 0 Å². The van der Waals surface area contributed by atoms with Crippen molar-refractivity contribution in [2.45, 2.75) is 46.2 Å². The van der Waals surface area contributed by atoms with E-state index in [4.69, 9.17) is 0 Å². The molecule has 1 aliphatic rings. The number of aromatic nitrogens is 2. The molecule has 0 radical (unpaired) electrons. The Bertz CT molecular complexity index is 310. The second kappa shape index (κ2) is 4.35. The van der Waals surface area contributed by atoms with Crippen molar-refractivity contribution in [3.63, 3.8) is 0 Å². The van der Waals surface area contributed by atoms with E-state index in [0.717, 1.165) is 18.4 Å². The fourth-order valence-corrected chi connectivity index (χ4v) is 2.18. The maximum absolute atomic E-state index is 4.04. The van der Waals surface area contributed by atoms with Gasteiger partial charge in [0.25, 0.3) is 0 Å². The molecule has 1 unspecified atom stereocenters. The van der Waals surface area contributed by atoms with Gasteiger partial charge in [-0.1, -0.05) is 13.8 Å². The largest absolute Gasteiger partial charge is 0.309 e. The van der Waals surface area contributed by atoms with Crippen LogP contribution in [0.3, 0.4) is 0 Å². The van der Waals surface area contributed by atoms with Crippen molar-refractivity contribution in [2.75, 3.05) is 0 Å². The molecular formula is C12H21N3. The Morgan fingerprint density at radius 1 is 1.53 bits per heavy atom.